The highest BCUT2D eigenvalue weighted by atomic mass is 16.5. The number of amides is 1. The van der Waals surface area contributed by atoms with Gasteiger partial charge < -0.3 is 24.2 Å². The second-order valence-corrected chi connectivity index (χ2v) is 4.60. The van der Waals surface area contributed by atoms with Crippen molar-refractivity contribution in [3.05, 3.63) is 24.3 Å². The third kappa shape index (κ3) is 6.56. The predicted octanol–water partition coefficient (Wildman–Crippen LogP) is 0.848. The van der Waals surface area contributed by atoms with Gasteiger partial charge in [-0.3, -0.25) is 9.59 Å². The van der Waals surface area contributed by atoms with Gasteiger partial charge in [0.05, 0.1) is 26.7 Å². The number of esters is 1. The van der Waals surface area contributed by atoms with Crippen molar-refractivity contribution in [1.82, 2.24) is 4.90 Å². The molecule has 128 valence electrons. The van der Waals surface area contributed by atoms with E-state index >= 15 is 0 Å². The van der Waals surface area contributed by atoms with Gasteiger partial charge in [-0.05, 0) is 19.1 Å². The molecule has 1 N–H and O–H groups in total. The largest absolute Gasteiger partial charge is 0.493 e. The molecule has 7 nitrogen and oxygen atoms in total. The number of methoxy groups -OCH3 is 1. The maximum absolute atomic E-state index is 12.2. The van der Waals surface area contributed by atoms with Crippen LogP contribution in [0.3, 0.4) is 0 Å². The normalized spacial score (nSPS) is 10.0. The van der Waals surface area contributed by atoms with Crippen LogP contribution in [0.5, 0.6) is 11.5 Å². The van der Waals surface area contributed by atoms with E-state index in [9.17, 15) is 9.59 Å². The van der Waals surface area contributed by atoms with Gasteiger partial charge in [0.2, 0.25) is 0 Å². The van der Waals surface area contributed by atoms with E-state index in [0.717, 1.165) is 0 Å². The fraction of sp³-hybridized carbons (Fsp3) is 0.500. The quantitative estimate of drug-likeness (QED) is 0.642. The molecule has 0 aliphatic rings. The van der Waals surface area contributed by atoms with Crippen molar-refractivity contribution in [3.63, 3.8) is 0 Å². The van der Waals surface area contributed by atoms with Gasteiger partial charge in [-0.25, -0.2) is 0 Å². The van der Waals surface area contributed by atoms with Gasteiger partial charge in [0.25, 0.3) is 5.91 Å². The molecule has 0 saturated carbocycles. The molecule has 1 aromatic carbocycles. The number of benzene rings is 1. The minimum atomic E-state index is -0.381. The van der Waals surface area contributed by atoms with Gasteiger partial charge in [0.1, 0.15) is 0 Å². The summed E-state index contributed by atoms with van der Waals surface area (Å²) >= 11 is 0. The molecule has 0 aliphatic heterocycles. The zero-order chi connectivity index (χ0) is 17.1. The minimum absolute atomic E-state index is 0.0776. The summed E-state index contributed by atoms with van der Waals surface area (Å²) in [5.74, 6) is 0.279. The third-order valence-electron chi connectivity index (χ3n) is 3.03. The van der Waals surface area contributed by atoms with Crippen LogP contribution in [-0.4, -0.2) is 61.9 Å². The fourth-order valence-corrected chi connectivity index (χ4v) is 1.91. The van der Waals surface area contributed by atoms with Crippen molar-refractivity contribution >= 4 is 11.9 Å². The molecule has 0 fully saturated rings. The lowest BCUT2D eigenvalue weighted by Crippen LogP contribution is -2.38. The number of rotatable bonds is 10. The lowest BCUT2D eigenvalue weighted by molar-refractivity contribution is -0.144. The zero-order valence-electron chi connectivity index (χ0n) is 13.5. The summed E-state index contributed by atoms with van der Waals surface area (Å²) in [6.45, 7) is 1.92. The van der Waals surface area contributed by atoms with Crippen molar-refractivity contribution in [1.29, 1.82) is 0 Å². The first-order chi connectivity index (χ1) is 11.1. The average molecular weight is 325 g/mol. The summed E-state index contributed by atoms with van der Waals surface area (Å²) in [7, 11) is 1.52. The Balaban J connectivity index is 2.55. The Bertz CT molecular complexity index is 505. The molecule has 1 aromatic rings. The van der Waals surface area contributed by atoms with E-state index in [1.54, 1.807) is 31.2 Å². The summed E-state index contributed by atoms with van der Waals surface area (Å²) in [4.78, 5) is 24.9. The standard InChI is InChI=1S/C16H23NO6/c1-3-22-16(20)8-9-17(10-11-18)15(19)12-23-14-7-5-4-6-13(14)21-2/h4-7,18H,3,8-12H2,1-2H3. The molecule has 0 radical (unpaired) electrons. The Hall–Kier alpha value is -2.28. The van der Waals surface area contributed by atoms with E-state index in [4.69, 9.17) is 19.3 Å². The fourth-order valence-electron chi connectivity index (χ4n) is 1.91. The van der Waals surface area contributed by atoms with E-state index in [1.807, 2.05) is 0 Å². The summed E-state index contributed by atoms with van der Waals surface area (Å²) in [6, 6.07) is 6.99. The van der Waals surface area contributed by atoms with E-state index < -0.39 is 0 Å². The number of carbonyl (C=O) groups is 2. The number of para-hydroxylation sites is 2. The summed E-state index contributed by atoms with van der Waals surface area (Å²) in [5.41, 5.74) is 0. The Kier molecular flexibility index (Phi) is 8.52. The van der Waals surface area contributed by atoms with E-state index in [2.05, 4.69) is 0 Å². The van der Waals surface area contributed by atoms with E-state index in [-0.39, 0.29) is 44.6 Å². The summed E-state index contributed by atoms with van der Waals surface area (Å²) in [6.07, 6.45) is 0.0776. The van der Waals surface area contributed by atoms with Crippen molar-refractivity contribution in [2.24, 2.45) is 0 Å². The zero-order valence-corrected chi connectivity index (χ0v) is 13.5. The molecule has 0 bridgehead atoms. The smallest absolute Gasteiger partial charge is 0.307 e. The van der Waals surface area contributed by atoms with Crippen molar-refractivity contribution in [2.75, 3.05) is 40.0 Å². The van der Waals surface area contributed by atoms with Crippen LogP contribution in [0, 0.1) is 0 Å². The first-order valence-electron chi connectivity index (χ1n) is 7.42. The summed E-state index contributed by atoms with van der Waals surface area (Å²) < 4.78 is 15.4. The number of aliphatic hydroxyl groups is 1. The summed E-state index contributed by atoms with van der Waals surface area (Å²) in [5, 5.41) is 9.05. The Morgan fingerprint density at radius 2 is 1.87 bits per heavy atom. The molecule has 23 heavy (non-hydrogen) atoms. The molecular weight excluding hydrogens is 302 g/mol. The topological polar surface area (TPSA) is 85.3 Å². The maximum Gasteiger partial charge on any atom is 0.307 e. The first-order valence-corrected chi connectivity index (χ1v) is 7.42. The second-order valence-electron chi connectivity index (χ2n) is 4.60. The number of hydrogen-bond donors (Lipinski definition) is 1. The van der Waals surface area contributed by atoms with Gasteiger partial charge in [-0.1, -0.05) is 12.1 Å². The minimum Gasteiger partial charge on any atom is -0.493 e. The highest BCUT2D eigenvalue weighted by Crippen LogP contribution is 2.25. The Labute approximate surface area is 135 Å². The highest BCUT2D eigenvalue weighted by molar-refractivity contribution is 5.78. The number of carbonyl (C=O) groups excluding carboxylic acids is 2. The van der Waals surface area contributed by atoms with Crippen molar-refractivity contribution in [3.8, 4) is 11.5 Å². The van der Waals surface area contributed by atoms with Crippen LogP contribution < -0.4 is 9.47 Å². The van der Waals surface area contributed by atoms with Crippen molar-refractivity contribution in [2.45, 2.75) is 13.3 Å². The lowest BCUT2D eigenvalue weighted by Gasteiger charge is -2.21. The Morgan fingerprint density at radius 3 is 2.48 bits per heavy atom. The van der Waals surface area contributed by atoms with Crippen LogP contribution in [0.1, 0.15) is 13.3 Å². The molecule has 7 heteroatoms. The molecule has 0 heterocycles. The van der Waals surface area contributed by atoms with E-state index in [1.165, 1.54) is 12.0 Å². The molecule has 0 atom stereocenters. The van der Waals surface area contributed by atoms with Gasteiger partial charge in [-0.2, -0.15) is 0 Å². The van der Waals surface area contributed by atoms with Gasteiger partial charge in [0.15, 0.2) is 18.1 Å². The SMILES string of the molecule is CCOC(=O)CCN(CCO)C(=O)COc1ccccc1OC. The molecule has 0 saturated heterocycles. The molecular formula is C16H23NO6. The monoisotopic (exact) mass is 325 g/mol. The van der Waals surface area contributed by atoms with Crippen LogP contribution in [0.4, 0.5) is 0 Å². The number of nitrogens with zero attached hydrogens (tertiary/aromatic N) is 1. The Morgan fingerprint density at radius 1 is 1.17 bits per heavy atom. The maximum atomic E-state index is 12.2. The van der Waals surface area contributed by atoms with Crippen LogP contribution in [0.25, 0.3) is 0 Å². The average Bonchev–Trinajstić information content (AvgIpc) is 2.56. The van der Waals surface area contributed by atoms with E-state index in [0.29, 0.717) is 18.1 Å². The molecule has 0 spiro atoms. The molecule has 0 aliphatic carbocycles. The van der Waals surface area contributed by atoms with Crippen LogP contribution >= 0.6 is 0 Å². The lowest BCUT2D eigenvalue weighted by atomic mass is 10.3. The number of aliphatic hydroxyl groups excluding tert-OH is 1. The second kappa shape index (κ2) is 10.4. The van der Waals surface area contributed by atoms with Crippen LogP contribution in [0.2, 0.25) is 0 Å². The first kappa shape index (κ1) is 18.8. The number of hydrogen-bond acceptors (Lipinski definition) is 6. The molecule has 1 amide bonds. The van der Waals surface area contributed by atoms with Crippen LogP contribution in [0.15, 0.2) is 24.3 Å². The molecule has 0 unspecified atom stereocenters. The highest BCUT2D eigenvalue weighted by Gasteiger charge is 2.16. The van der Waals surface area contributed by atoms with Crippen molar-refractivity contribution < 1.29 is 28.9 Å². The van der Waals surface area contributed by atoms with Gasteiger partial charge in [-0.15, -0.1) is 0 Å². The van der Waals surface area contributed by atoms with Gasteiger partial charge in [0, 0.05) is 13.1 Å². The third-order valence-corrected chi connectivity index (χ3v) is 3.03. The molecule has 1 rings (SSSR count). The van der Waals surface area contributed by atoms with Crippen LogP contribution in [-0.2, 0) is 14.3 Å². The number of ether oxygens (including phenoxy) is 3. The molecule has 0 aromatic heterocycles. The predicted molar refractivity (Wildman–Crippen MR) is 83.4 cm³/mol. The van der Waals surface area contributed by atoms with Gasteiger partial charge >= 0.3 is 5.97 Å².